The quantitative estimate of drug-likeness (QED) is 0.568. The molecular formula is C10H21LiO. The van der Waals surface area contributed by atoms with Crippen molar-refractivity contribution in [3.63, 3.8) is 0 Å². The summed E-state index contributed by atoms with van der Waals surface area (Å²) in [4.78, 5) is 0. The van der Waals surface area contributed by atoms with E-state index in [1.807, 2.05) is 0 Å². The maximum absolute atomic E-state index is 5.83. The Hall–Kier alpha value is 0.557. The molecular weight excluding hydrogens is 143 g/mol. The molecule has 0 aliphatic carbocycles. The maximum atomic E-state index is 5.83. The van der Waals surface area contributed by atoms with E-state index in [9.17, 15) is 0 Å². The van der Waals surface area contributed by atoms with E-state index in [0.717, 1.165) is 13.0 Å². The molecule has 0 N–H and O–H groups in total. The molecule has 0 spiro atoms. The van der Waals surface area contributed by atoms with E-state index in [-0.39, 0.29) is 5.60 Å². The summed E-state index contributed by atoms with van der Waals surface area (Å²) >= 11 is 2.21. The van der Waals surface area contributed by atoms with Crippen molar-refractivity contribution in [2.75, 3.05) is 6.61 Å². The van der Waals surface area contributed by atoms with Crippen LogP contribution in [0.15, 0.2) is 0 Å². The Labute approximate surface area is 86.5 Å². The van der Waals surface area contributed by atoms with Crippen LogP contribution in [0.1, 0.15) is 41.0 Å². The van der Waals surface area contributed by atoms with Crippen molar-refractivity contribution in [1.29, 1.82) is 0 Å². The van der Waals surface area contributed by atoms with E-state index >= 15 is 0 Å². The van der Waals surface area contributed by atoms with Crippen LogP contribution in [0.2, 0.25) is 5.09 Å². The van der Waals surface area contributed by atoms with Gasteiger partial charge in [-0.15, -0.1) is 0 Å². The average Bonchev–Trinajstić information content (AvgIpc) is 2.02. The zero-order valence-corrected chi connectivity index (χ0v) is 9.53. The molecule has 68 valence electrons. The summed E-state index contributed by atoms with van der Waals surface area (Å²) in [7, 11) is 0. The first-order valence-corrected chi connectivity index (χ1v) is 4.97. The molecule has 2 heteroatoms. The van der Waals surface area contributed by atoms with Crippen LogP contribution in [-0.4, -0.2) is 29.9 Å². The zero-order chi connectivity index (χ0) is 9.83. The first-order valence-electron chi connectivity index (χ1n) is 4.97. The van der Waals surface area contributed by atoms with Crippen LogP contribution in [0.5, 0.6) is 0 Å². The van der Waals surface area contributed by atoms with E-state index in [2.05, 4.69) is 52.3 Å². The Balaban J connectivity index is 3.82. The average molecular weight is 164 g/mol. The van der Waals surface area contributed by atoms with Gasteiger partial charge in [-0.05, 0) is 0 Å². The SMILES string of the molecule is [Li][CH2]C(C)(C)COC(C)(C)CC. The molecule has 0 heterocycles. The van der Waals surface area contributed by atoms with Gasteiger partial charge in [0, 0.05) is 0 Å². The molecule has 12 heavy (non-hydrogen) atoms. The van der Waals surface area contributed by atoms with Crippen LogP contribution in [-0.2, 0) is 4.74 Å². The summed E-state index contributed by atoms with van der Waals surface area (Å²) in [5.41, 5.74) is 0.374. The van der Waals surface area contributed by atoms with Crippen LogP contribution >= 0.6 is 0 Å². The predicted molar refractivity (Wildman–Crippen MR) is 54.7 cm³/mol. The summed E-state index contributed by atoms with van der Waals surface area (Å²) < 4.78 is 5.83. The van der Waals surface area contributed by atoms with Gasteiger partial charge in [0.25, 0.3) is 0 Å². The minimum atomic E-state index is 0.0481. The van der Waals surface area contributed by atoms with Crippen molar-refractivity contribution in [2.45, 2.75) is 51.7 Å². The Morgan fingerprint density at radius 2 is 1.67 bits per heavy atom. The third-order valence-electron chi connectivity index (χ3n) is 2.66. The zero-order valence-electron chi connectivity index (χ0n) is 9.53. The molecule has 0 saturated heterocycles. The van der Waals surface area contributed by atoms with Gasteiger partial charge in [-0.2, -0.15) is 0 Å². The van der Waals surface area contributed by atoms with Crippen LogP contribution in [0, 0.1) is 5.41 Å². The van der Waals surface area contributed by atoms with Gasteiger partial charge in [0.15, 0.2) is 0 Å². The fraction of sp³-hybridized carbons (Fsp3) is 1.00. The van der Waals surface area contributed by atoms with Gasteiger partial charge in [-0.1, -0.05) is 0 Å². The molecule has 0 bridgehead atoms. The van der Waals surface area contributed by atoms with Crippen molar-refractivity contribution < 1.29 is 4.74 Å². The van der Waals surface area contributed by atoms with Crippen LogP contribution in [0.4, 0.5) is 0 Å². The molecule has 0 aromatic carbocycles. The van der Waals surface area contributed by atoms with E-state index in [1.165, 1.54) is 5.09 Å². The molecule has 0 rings (SSSR count). The first-order chi connectivity index (χ1) is 5.33. The van der Waals surface area contributed by atoms with Crippen LogP contribution in [0.3, 0.4) is 0 Å². The predicted octanol–water partition coefficient (Wildman–Crippen LogP) is 2.80. The van der Waals surface area contributed by atoms with Gasteiger partial charge < -0.3 is 0 Å². The van der Waals surface area contributed by atoms with Crippen LogP contribution in [0.25, 0.3) is 0 Å². The van der Waals surface area contributed by atoms with Crippen molar-refractivity contribution in [2.24, 2.45) is 5.41 Å². The second-order valence-corrected chi connectivity index (χ2v) is 4.92. The van der Waals surface area contributed by atoms with Crippen molar-refractivity contribution >= 4 is 17.7 Å². The molecule has 0 radical (unpaired) electrons. The third-order valence-corrected chi connectivity index (χ3v) is 2.66. The molecule has 0 fully saturated rings. The molecule has 0 amide bonds. The molecule has 1 nitrogen and oxygen atoms in total. The van der Waals surface area contributed by atoms with Gasteiger partial charge >= 0.3 is 86.2 Å². The first kappa shape index (κ1) is 12.6. The Morgan fingerprint density at radius 3 is 2.00 bits per heavy atom. The Bertz CT molecular complexity index is 114. The van der Waals surface area contributed by atoms with Gasteiger partial charge in [0.05, 0.1) is 0 Å². The van der Waals surface area contributed by atoms with E-state index in [1.54, 1.807) is 0 Å². The van der Waals surface area contributed by atoms with E-state index in [4.69, 9.17) is 4.74 Å². The fourth-order valence-corrected chi connectivity index (χ4v) is 0.595. The Morgan fingerprint density at radius 1 is 1.17 bits per heavy atom. The summed E-state index contributed by atoms with van der Waals surface area (Å²) in [5, 5.41) is 1.17. The molecule has 0 atom stereocenters. The van der Waals surface area contributed by atoms with Crippen molar-refractivity contribution in [1.82, 2.24) is 0 Å². The summed E-state index contributed by atoms with van der Waals surface area (Å²) in [5.74, 6) is 0. The normalized spacial score (nSPS) is 13.6. The van der Waals surface area contributed by atoms with E-state index < -0.39 is 0 Å². The van der Waals surface area contributed by atoms with Gasteiger partial charge in [-0.25, -0.2) is 0 Å². The minimum absolute atomic E-state index is 0.0481. The standard InChI is InChI=1S/C10H21O.Li/c1-7-10(5,6)11-8-9(2,3)4;/h2,7-8H2,1,3-6H3;. The summed E-state index contributed by atoms with van der Waals surface area (Å²) in [6, 6.07) is 0. The number of hydrogen-bond acceptors (Lipinski definition) is 1. The molecule has 0 saturated carbocycles. The topological polar surface area (TPSA) is 9.23 Å². The van der Waals surface area contributed by atoms with Gasteiger partial charge in [0.1, 0.15) is 0 Å². The summed E-state index contributed by atoms with van der Waals surface area (Å²) in [6.07, 6.45) is 1.08. The van der Waals surface area contributed by atoms with Crippen LogP contribution < -0.4 is 0 Å². The van der Waals surface area contributed by atoms with E-state index in [0.29, 0.717) is 5.41 Å². The number of ether oxygens (including phenoxy) is 1. The van der Waals surface area contributed by atoms with Crippen molar-refractivity contribution in [3.05, 3.63) is 0 Å². The third kappa shape index (κ3) is 5.25. The van der Waals surface area contributed by atoms with Gasteiger partial charge in [-0.3, -0.25) is 0 Å². The second kappa shape index (κ2) is 4.70. The molecule has 0 aromatic heterocycles. The molecule has 0 aliphatic rings. The fourth-order valence-electron chi connectivity index (χ4n) is 0.595. The number of hydrogen-bond donors (Lipinski definition) is 0. The Kier molecular flexibility index (Phi) is 4.92. The molecule has 0 aliphatic heterocycles. The summed E-state index contributed by atoms with van der Waals surface area (Å²) in [6.45, 7) is 11.8. The molecule has 0 unspecified atom stereocenters. The molecule has 0 aromatic rings. The van der Waals surface area contributed by atoms with Crippen molar-refractivity contribution in [3.8, 4) is 0 Å². The second-order valence-electron chi connectivity index (χ2n) is 4.92. The van der Waals surface area contributed by atoms with Gasteiger partial charge in [0.2, 0.25) is 0 Å². The monoisotopic (exact) mass is 164 g/mol. The number of rotatable bonds is 5.